The number of nitrogens with zero attached hydrogens (tertiary/aromatic N) is 1. The molecule has 1 saturated carbocycles. The number of hydrogen-bond donors (Lipinski definition) is 1. The van der Waals surface area contributed by atoms with E-state index in [9.17, 15) is 0 Å². The van der Waals surface area contributed by atoms with E-state index in [-0.39, 0.29) is 5.54 Å². The maximum Gasteiger partial charge on any atom is 0.0598 e. The van der Waals surface area contributed by atoms with Crippen LogP contribution < -0.4 is 5.32 Å². The number of rotatable bonds is 4. The summed E-state index contributed by atoms with van der Waals surface area (Å²) in [6, 6.07) is 0.691. The van der Waals surface area contributed by atoms with Crippen LogP contribution in [0.1, 0.15) is 33.6 Å². The molecule has 0 aromatic heterocycles. The quantitative estimate of drug-likeness (QED) is 0.708. The lowest BCUT2D eigenvalue weighted by Gasteiger charge is -2.43. The summed E-state index contributed by atoms with van der Waals surface area (Å²) in [5, 5.41) is 3.57. The zero-order valence-electron chi connectivity index (χ0n) is 10.5. The second-order valence-corrected chi connectivity index (χ2v) is 5.65. The summed E-state index contributed by atoms with van der Waals surface area (Å²) < 4.78 is 0. The first-order valence-corrected chi connectivity index (χ1v) is 5.83. The Labute approximate surface area is 94.4 Å². The standard InChI is InChI=1S/C13H24N2/c1-6-9-15(5)12-8-7-11(12)10-14-13(2,3)4/h1,11-12,14H,7-10H2,2-5H3. The highest BCUT2D eigenvalue weighted by Gasteiger charge is 2.33. The van der Waals surface area contributed by atoms with Crippen LogP contribution in [0.4, 0.5) is 0 Å². The van der Waals surface area contributed by atoms with Crippen molar-refractivity contribution in [1.29, 1.82) is 0 Å². The van der Waals surface area contributed by atoms with Crippen molar-refractivity contribution < 1.29 is 0 Å². The Morgan fingerprint density at radius 1 is 1.40 bits per heavy atom. The van der Waals surface area contributed by atoms with Gasteiger partial charge in [-0.15, -0.1) is 6.42 Å². The second-order valence-electron chi connectivity index (χ2n) is 5.65. The Hall–Kier alpha value is -0.520. The maximum atomic E-state index is 5.33. The first-order chi connectivity index (χ1) is 6.94. The predicted molar refractivity (Wildman–Crippen MR) is 65.7 cm³/mol. The highest BCUT2D eigenvalue weighted by molar-refractivity contribution is 4.95. The van der Waals surface area contributed by atoms with Crippen LogP contribution in [-0.2, 0) is 0 Å². The average molecular weight is 208 g/mol. The van der Waals surface area contributed by atoms with Gasteiger partial charge in [-0.2, -0.15) is 0 Å². The highest BCUT2D eigenvalue weighted by Crippen LogP contribution is 2.31. The molecular weight excluding hydrogens is 184 g/mol. The minimum absolute atomic E-state index is 0.227. The van der Waals surface area contributed by atoms with Crippen LogP contribution in [0, 0.1) is 18.3 Å². The summed E-state index contributed by atoms with van der Waals surface area (Å²) in [7, 11) is 2.13. The monoisotopic (exact) mass is 208 g/mol. The van der Waals surface area contributed by atoms with E-state index in [0.29, 0.717) is 6.04 Å². The lowest BCUT2D eigenvalue weighted by atomic mass is 9.78. The molecule has 1 rings (SSSR count). The van der Waals surface area contributed by atoms with E-state index < -0.39 is 0 Å². The van der Waals surface area contributed by atoms with Crippen molar-refractivity contribution in [3.8, 4) is 12.3 Å². The summed E-state index contributed by atoms with van der Waals surface area (Å²) in [5.74, 6) is 3.50. The van der Waals surface area contributed by atoms with Gasteiger partial charge < -0.3 is 5.32 Å². The van der Waals surface area contributed by atoms with Gasteiger partial charge in [-0.25, -0.2) is 0 Å². The molecule has 0 aliphatic heterocycles. The van der Waals surface area contributed by atoms with Crippen LogP contribution in [-0.4, -0.2) is 36.6 Å². The summed E-state index contributed by atoms with van der Waals surface area (Å²) in [4.78, 5) is 2.30. The van der Waals surface area contributed by atoms with Gasteiger partial charge in [0.05, 0.1) is 6.54 Å². The van der Waals surface area contributed by atoms with Crippen molar-refractivity contribution in [2.24, 2.45) is 5.92 Å². The third kappa shape index (κ3) is 3.85. The first kappa shape index (κ1) is 12.5. The van der Waals surface area contributed by atoms with Gasteiger partial charge in [-0.05, 0) is 53.1 Å². The van der Waals surface area contributed by atoms with E-state index in [4.69, 9.17) is 6.42 Å². The molecule has 0 amide bonds. The molecule has 86 valence electrons. The van der Waals surface area contributed by atoms with E-state index in [2.05, 4.69) is 44.0 Å². The van der Waals surface area contributed by atoms with Crippen LogP contribution in [0.5, 0.6) is 0 Å². The molecule has 1 aliphatic rings. The molecule has 0 radical (unpaired) electrons. The minimum Gasteiger partial charge on any atom is -0.312 e. The fraction of sp³-hybridized carbons (Fsp3) is 0.846. The molecule has 1 N–H and O–H groups in total. The molecular formula is C13H24N2. The number of nitrogens with one attached hydrogen (secondary N) is 1. The third-order valence-electron chi connectivity index (χ3n) is 3.18. The van der Waals surface area contributed by atoms with Gasteiger partial charge in [0, 0.05) is 11.6 Å². The number of hydrogen-bond acceptors (Lipinski definition) is 2. The molecule has 0 aromatic carbocycles. The van der Waals surface area contributed by atoms with E-state index >= 15 is 0 Å². The summed E-state index contributed by atoms with van der Waals surface area (Å²) in [6.07, 6.45) is 7.96. The zero-order valence-corrected chi connectivity index (χ0v) is 10.5. The Kier molecular flexibility index (Phi) is 4.19. The molecule has 2 heteroatoms. The Morgan fingerprint density at radius 2 is 2.07 bits per heavy atom. The lowest BCUT2D eigenvalue weighted by molar-refractivity contribution is 0.0901. The Morgan fingerprint density at radius 3 is 2.47 bits per heavy atom. The fourth-order valence-electron chi connectivity index (χ4n) is 2.07. The normalized spacial score (nSPS) is 26.1. The van der Waals surface area contributed by atoms with Gasteiger partial charge >= 0.3 is 0 Å². The summed E-state index contributed by atoms with van der Waals surface area (Å²) in [6.45, 7) is 8.53. The molecule has 0 aromatic rings. The largest absolute Gasteiger partial charge is 0.312 e. The predicted octanol–water partition coefficient (Wildman–Crippen LogP) is 1.72. The van der Waals surface area contributed by atoms with Crippen molar-refractivity contribution in [3.05, 3.63) is 0 Å². The minimum atomic E-state index is 0.227. The number of terminal acetylenes is 1. The van der Waals surface area contributed by atoms with Crippen molar-refractivity contribution >= 4 is 0 Å². The molecule has 0 bridgehead atoms. The van der Waals surface area contributed by atoms with Gasteiger partial charge in [0.1, 0.15) is 0 Å². The fourth-order valence-corrected chi connectivity index (χ4v) is 2.07. The maximum absolute atomic E-state index is 5.33. The van der Waals surface area contributed by atoms with E-state index in [1.54, 1.807) is 0 Å². The van der Waals surface area contributed by atoms with Gasteiger partial charge in [-0.1, -0.05) is 5.92 Å². The topological polar surface area (TPSA) is 15.3 Å². The molecule has 15 heavy (non-hydrogen) atoms. The molecule has 1 fully saturated rings. The van der Waals surface area contributed by atoms with Crippen LogP contribution in [0.3, 0.4) is 0 Å². The van der Waals surface area contributed by atoms with Crippen molar-refractivity contribution in [3.63, 3.8) is 0 Å². The molecule has 2 nitrogen and oxygen atoms in total. The lowest BCUT2D eigenvalue weighted by Crippen LogP contribution is -2.51. The van der Waals surface area contributed by atoms with Crippen molar-refractivity contribution in [2.45, 2.75) is 45.2 Å². The van der Waals surface area contributed by atoms with Crippen molar-refractivity contribution in [2.75, 3.05) is 20.1 Å². The second kappa shape index (κ2) is 5.01. The average Bonchev–Trinajstić information content (AvgIpc) is 2.00. The first-order valence-electron chi connectivity index (χ1n) is 5.83. The SMILES string of the molecule is C#CCN(C)C1CCC1CNC(C)(C)C. The molecule has 2 atom stereocenters. The van der Waals surface area contributed by atoms with E-state index in [1.807, 2.05) is 0 Å². The van der Waals surface area contributed by atoms with Gasteiger partial charge in [-0.3, -0.25) is 4.90 Å². The van der Waals surface area contributed by atoms with Gasteiger partial charge in [0.2, 0.25) is 0 Å². The molecule has 2 unspecified atom stereocenters. The van der Waals surface area contributed by atoms with Crippen LogP contribution >= 0.6 is 0 Å². The van der Waals surface area contributed by atoms with Crippen LogP contribution in [0.25, 0.3) is 0 Å². The van der Waals surface area contributed by atoms with E-state index in [1.165, 1.54) is 12.8 Å². The third-order valence-corrected chi connectivity index (χ3v) is 3.18. The van der Waals surface area contributed by atoms with Crippen LogP contribution in [0.2, 0.25) is 0 Å². The zero-order chi connectivity index (χ0) is 11.5. The molecule has 0 saturated heterocycles. The smallest absolute Gasteiger partial charge is 0.0598 e. The van der Waals surface area contributed by atoms with E-state index in [0.717, 1.165) is 19.0 Å². The van der Waals surface area contributed by atoms with Crippen LogP contribution in [0.15, 0.2) is 0 Å². The molecule has 0 spiro atoms. The Bertz CT molecular complexity index is 234. The van der Waals surface area contributed by atoms with Crippen molar-refractivity contribution in [1.82, 2.24) is 10.2 Å². The van der Waals surface area contributed by atoms with Gasteiger partial charge in [0.15, 0.2) is 0 Å². The highest BCUT2D eigenvalue weighted by atomic mass is 15.1. The summed E-state index contributed by atoms with van der Waals surface area (Å²) >= 11 is 0. The van der Waals surface area contributed by atoms with Gasteiger partial charge in [0.25, 0.3) is 0 Å². The molecule has 0 heterocycles. The summed E-state index contributed by atoms with van der Waals surface area (Å²) in [5.41, 5.74) is 0.227. The Balaban J connectivity index is 2.30. The molecule has 1 aliphatic carbocycles.